The molecule has 1 saturated carbocycles. The number of nitrogens with two attached hydrogens (primary N) is 1. The lowest BCUT2D eigenvalue weighted by Crippen LogP contribution is -2.14. The van der Waals surface area contributed by atoms with Gasteiger partial charge in [-0.2, -0.15) is 13.2 Å². The van der Waals surface area contributed by atoms with E-state index in [2.05, 4.69) is 5.32 Å². The van der Waals surface area contributed by atoms with Gasteiger partial charge in [0.1, 0.15) is 0 Å². The van der Waals surface area contributed by atoms with Crippen LogP contribution in [0.5, 0.6) is 0 Å². The normalized spacial score (nSPS) is 15.5. The molecule has 7 heteroatoms. The number of nitrogens with one attached hydrogen (secondary N) is 1. The molecule has 1 fully saturated rings. The van der Waals surface area contributed by atoms with E-state index in [0.717, 1.165) is 18.4 Å². The number of hydrogen-bond donors (Lipinski definition) is 2. The van der Waals surface area contributed by atoms with E-state index in [1.165, 1.54) is 11.3 Å². The Kier molecular flexibility index (Phi) is 4.51. The second-order valence-corrected chi connectivity index (χ2v) is 6.69. The van der Waals surface area contributed by atoms with Gasteiger partial charge in [0.25, 0.3) is 0 Å². The molecule has 0 saturated heterocycles. The van der Waals surface area contributed by atoms with Crippen molar-refractivity contribution in [2.24, 2.45) is 5.92 Å². The molecule has 2 rings (SSSR count). The van der Waals surface area contributed by atoms with Gasteiger partial charge in [0.15, 0.2) is 5.78 Å². The minimum absolute atomic E-state index is 0.0525. The van der Waals surface area contributed by atoms with Crippen molar-refractivity contribution >= 4 is 27.8 Å². The fraction of sp³-hybridized carbons (Fsp3) is 0.643. The lowest BCUT2D eigenvalue weighted by molar-refractivity contribution is -0.131. The number of hydrogen-bond acceptors (Lipinski definition) is 4. The first-order valence-electron chi connectivity index (χ1n) is 6.97. The van der Waals surface area contributed by atoms with Crippen molar-refractivity contribution < 1.29 is 18.0 Å². The Morgan fingerprint density at radius 2 is 2.05 bits per heavy atom. The highest BCUT2D eigenvalue weighted by Crippen LogP contribution is 2.51. The SMILES string of the molecule is CC(C)C(=O)c1sc(NCCC(F)(F)F)c(C2CC2)c1N. The molecule has 3 N–H and O–H groups in total. The number of anilines is 2. The molecule has 1 aliphatic carbocycles. The largest absolute Gasteiger partial charge is 0.397 e. The molecule has 0 radical (unpaired) electrons. The van der Waals surface area contributed by atoms with Crippen molar-refractivity contribution in [3.8, 4) is 0 Å². The van der Waals surface area contributed by atoms with Gasteiger partial charge in [-0.05, 0) is 18.8 Å². The van der Waals surface area contributed by atoms with E-state index in [4.69, 9.17) is 5.73 Å². The van der Waals surface area contributed by atoms with Crippen LogP contribution in [0.25, 0.3) is 0 Å². The Hall–Kier alpha value is -1.24. The number of carbonyl (C=O) groups is 1. The van der Waals surface area contributed by atoms with E-state index < -0.39 is 12.6 Å². The van der Waals surface area contributed by atoms with E-state index in [9.17, 15) is 18.0 Å². The molecule has 1 heterocycles. The molecule has 118 valence electrons. The highest BCUT2D eigenvalue weighted by Gasteiger charge is 2.34. The molecule has 1 aromatic rings. The van der Waals surface area contributed by atoms with E-state index >= 15 is 0 Å². The summed E-state index contributed by atoms with van der Waals surface area (Å²) in [6, 6.07) is 0. The monoisotopic (exact) mass is 320 g/mol. The number of carbonyl (C=O) groups excluding carboxylic acids is 1. The summed E-state index contributed by atoms with van der Waals surface area (Å²) in [4.78, 5) is 12.6. The van der Waals surface area contributed by atoms with E-state index in [0.29, 0.717) is 15.6 Å². The summed E-state index contributed by atoms with van der Waals surface area (Å²) in [5.41, 5.74) is 7.36. The van der Waals surface area contributed by atoms with E-state index in [1.807, 2.05) is 0 Å². The first-order chi connectivity index (χ1) is 9.70. The van der Waals surface area contributed by atoms with Gasteiger partial charge < -0.3 is 11.1 Å². The number of halogens is 3. The van der Waals surface area contributed by atoms with Crippen LogP contribution < -0.4 is 11.1 Å². The second kappa shape index (κ2) is 5.87. The van der Waals surface area contributed by atoms with Crippen LogP contribution in [0.1, 0.15) is 54.3 Å². The lowest BCUT2D eigenvalue weighted by Gasteiger charge is -2.09. The zero-order valence-electron chi connectivity index (χ0n) is 12.0. The van der Waals surface area contributed by atoms with Crippen molar-refractivity contribution in [1.82, 2.24) is 0 Å². The predicted molar refractivity (Wildman–Crippen MR) is 79.0 cm³/mol. The van der Waals surface area contributed by atoms with Crippen molar-refractivity contribution in [2.45, 2.75) is 45.2 Å². The number of thiophene rings is 1. The smallest absolute Gasteiger partial charge is 0.390 e. The van der Waals surface area contributed by atoms with Gasteiger partial charge >= 0.3 is 6.18 Å². The third-order valence-electron chi connectivity index (χ3n) is 3.41. The molecule has 3 nitrogen and oxygen atoms in total. The van der Waals surface area contributed by atoms with Crippen LogP contribution in [0.3, 0.4) is 0 Å². The van der Waals surface area contributed by atoms with Gasteiger partial charge in [0.05, 0.1) is 22.0 Å². The molecular formula is C14H19F3N2OS. The third-order valence-corrected chi connectivity index (χ3v) is 4.60. The zero-order chi connectivity index (χ0) is 15.8. The topological polar surface area (TPSA) is 55.1 Å². The maximum atomic E-state index is 12.2. The number of ketones is 1. The van der Waals surface area contributed by atoms with Gasteiger partial charge in [-0.3, -0.25) is 4.79 Å². The van der Waals surface area contributed by atoms with Crippen molar-refractivity contribution in [2.75, 3.05) is 17.6 Å². The maximum absolute atomic E-state index is 12.2. The first kappa shape index (κ1) is 16.1. The summed E-state index contributed by atoms with van der Waals surface area (Å²) in [5.74, 6) is 0.0487. The standard InChI is InChI=1S/C14H19F3N2OS/c1-7(2)11(20)12-10(18)9(8-3-4-8)13(21-12)19-6-5-14(15,16)17/h7-8,19H,3-6,18H2,1-2H3. The van der Waals surface area contributed by atoms with Crippen LogP contribution in [-0.4, -0.2) is 18.5 Å². The molecule has 0 spiro atoms. The van der Waals surface area contributed by atoms with Gasteiger partial charge in [0.2, 0.25) is 0 Å². The number of alkyl halides is 3. The summed E-state index contributed by atoms with van der Waals surface area (Å²) in [7, 11) is 0. The Morgan fingerprint density at radius 1 is 1.43 bits per heavy atom. The Morgan fingerprint density at radius 3 is 2.52 bits per heavy atom. The average molecular weight is 320 g/mol. The second-order valence-electron chi connectivity index (χ2n) is 5.67. The zero-order valence-corrected chi connectivity index (χ0v) is 12.8. The van der Waals surface area contributed by atoms with Gasteiger partial charge in [-0.1, -0.05) is 13.8 Å². The molecule has 0 amide bonds. The molecule has 1 aliphatic rings. The van der Waals surface area contributed by atoms with Gasteiger partial charge in [-0.25, -0.2) is 0 Å². The summed E-state index contributed by atoms with van der Waals surface area (Å²) in [5, 5.41) is 3.44. The van der Waals surface area contributed by atoms with Crippen LogP contribution in [0.4, 0.5) is 23.9 Å². The van der Waals surface area contributed by atoms with Crippen molar-refractivity contribution in [3.05, 3.63) is 10.4 Å². The van der Waals surface area contributed by atoms with Crippen LogP contribution in [0.15, 0.2) is 0 Å². The summed E-state index contributed by atoms with van der Waals surface area (Å²) >= 11 is 1.19. The molecule has 0 bridgehead atoms. The van der Waals surface area contributed by atoms with Crippen molar-refractivity contribution in [1.29, 1.82) is 0 Å². The molecule has 0 atom stereocenters. The van der Waals surface area contributed by atoms with Crippen LogP contribution >= 0.6 is 11.3 Å². The quantitative estimate of drug-likeness (QED) is 0.763. The Balaban J connectivity index is 2.19. The Labute approximate surface area is 125 Å². The molecule has 1 aromatic heterocycles. The fourth-order valence-corrected chi connectivity index (χ4v) is 3.45. The third kappa shape index (κ3) is 3.90. The van der Waals surface area contributed by atoms with Crippen LogP contribution in [0, 0.1) is 5.92 Å². The number of Topliss-reactive ketones (excluding diaryl/α,β-unsaturated/α-hetero) is 1. The highest BCUT2D eigenvalue weighted by atomic mass is 32.1. The molecule has 21 heavy (non-hydrogen) atoms. The van der Waals surface area contributed by atoms with Crippen LogP contribution in [-0.2, 0) is 0 Å². The first-order valence-corrected chi connectivity index (χ1v) is 7.79. The fourth-order valence-electron chi connectivity index (χ4n) is 2.13. The van der Waals surface area contributed by atoms with Crippen molar-refractivity contribution in [3.63, 3.8) is 0 Å². The highest BCUT2D eigenvalue weighted by molar-refractivity contribution is 7.18. The summed E-state index contributed by atoms with van der Waals surface area (Å²) in [6.07, 6.45) is -3.14. The summed E-state index contributed by atoms with van der Waals surface area (Å²) < 4.78 is 36.7. The molecule has 0 aromatic carbocycles. The lowest BCUT2D eigenvalue weighted by atomic mass is 10.0. The molecular weight excluding hydrogens is 301 g/mol. The molecule has 0 unspecified atom stereocenters. The average Bonchev–Trinajstić information content (AvgIpc) is 3.12. The summed E-state index contributed by atoms with van der Waals surface area (Å²) in [6.45, 7) is 3.38. The van der Waals surface area contributed by atoms with E-state index in [1.54, 1.807) is 13.8 Å². The van der Waals surface area contributed by atoms with Crippen LogP contribution in [0.2, 0.25) is 0 Å². The van der Waals surface area contributed by atoms with Gasteiger partial charge in [0, 0.05) is 18.0 Å². The minimum atomic E-state index is -4.19. The molecule has 0 aliphatic heterocycles. The maximum Gasteiger partial charge on any atom is 0.390 e. The predicted octanol–water partition coefficient (Wildman–Crippen LogP) is 4.41. The van der Waals surface area contributed by atoms with E-state index in [-0.39, 0.29) is 24.2 Å². The Bertz CT molecular complexity index is 533. The minimum Gasteiger partial charge on any atom is -0.397 e. The number of rotatable bonds is 6. The number of nitrogen functional groups attached to an aromatic ring is 1. The van der Waals surface area contributed by atoms with Gasteiger partial charge in [-0.15, -0.1) is 11.3 Å².